The van der Waals surface area contributed by atoms with E-state index in [-0.39, 0.29) is 5.41 Å². The summed E-state index contributed by atoms with van der Waals surface area (Å²) in [4.78, 5) is 2.26. The molecular formula is C13H21N3. The van der Waals surface area contributed by atoms with Gasteiger partial charge in [0, 0.05) is 12.6 Å². The Morgan fingerprint density at radius 3 is 2.38 bits per heavy atom. The van der Waals surface area contributed by atoms with Gasteiger partial charge in [-0.2, -0.15) is 10.5 Å². The fourth-order valence-electron chi connectivity index (χ4n) is 2.23. The van der Waals surface area contributed by atoms with Crippen LogP contribution in [0, 0.1) is 28.1 Å². The molecule has 0 heterocycles. The maximum Gasteiger partial charge on any atom is 0.0868 e. The predicted octanol–water partition coefficient (Wildman–Crippen LogP) is 2.69. The van der Waals surface area contributed by atoms with Crippen LogP contribution in [0.5, 0.6) is 0 Å². The minimum atomic E-state index is -0.272. The van der Waals surface area contributed by atoms with E-state index in [1.807, 2.05) is 13.8 Å². The lowest BCUT2D eigenvalue weighted by molar-refractivity contribution is 0.200. The van der Waals surface area contributed by atoms with Crippen LogP contribution in [0.15, 0.2) is 0 Å². The molecular weight excluding hydrogens is 198 g/mol. The Morgan fingerprint density at radius 2 is 1.88 bits per heavy atom. The highest BCUT2D eigenvalue weighted by molar-refractivity contribution is 4.93. The van der Waals surface area contributed by atoms with Crippen molar-refractivity contribution >= 4 is 0 Å². The molecule has 88 valence electrons. The van der Waals surface area contributed by atoms with Crippen molar-refractivity contribution in [3.63, 3.8) is 0 Å². The summed E-state index contributed by atoms with van der Waals surface area (Å²) in [5.74, 6) is 0. The number of hydrogen-bond donors (Lipinski definition) is 0. The Bertz CT molecular complexity index is 289. The molecule has 0 atom stereocenters. The second-order valence-electron chi connectivity index (χ2n) is 5.31. The van der Waals surface area contributed by atoms with Gasteiger partial charge in [-0.1, -0.05) is 12.8 Å². The molecule has 0 aromatic heterocycles. The van der Waals surface area contributed by atoms with Crippen LogP contribution in [0.2, 0.25) is 0 Å². The van der Waals surface area contributed by atoms with Gasteiger partial charge in [-0.3, -0.25) is 4.90 Å². The van der Waals surface area contributed by atoms with Gasteiger partial charge < -0.3 is 0 Å². The van der Waals surface area contributed by atoms with E-state index >= 15 is 0 Å². The van der Waals surface area contributed by atoms with Crippen molar-refractivity contribution < 1.29 is 0 Å². The van der Waals surface area contributed by atoms with Crippen molar-refractivity contribution in [2.24, 2.45) is 5.41 Å². The Labute approximate surface area is 98.7 Å². The fraction of sp³-hybridized carbons (Fsp3) is 0.846. The monoisotopic (exact) mass is 219 g/mol. The molecule has 16 heavy (non-hydrogen) atoms. The van der Waals surface area contributed by atoms with Gasteiger partial charge >= 0.3 is 0 Å². The molecule has 1 saturated carbocycles. The summed E-state index contributed by atoms with van der Waals surface area (Å²) in [6.07, 6.45) is 5.85. The van der Waals surface area contributed by atoms with Crippen LogP contribution in [0.3, 0.4) is 0 Å². The molecule has 0 aromatic rings. The average Bonchev–Trinajstić information content (AvgIpc) is 2.77. The third-order valence-electron chi connectivity index (χ3n) is 3.44. The second-order valence-corrected chi connectivity index (χ2v) is 5.31. The van der Waals surface area contributed by atoms with Gasteiger partial charge in [0.25, 0.3) is 0 Å². The first-order valence-corrected chi connectivity index (χ1v) is 6.11. The van der Waals surface area contributed by atoms with E-state index in [1.54, 1.807) is 0 Å². The molecule has 0 saturated heterocycles. The van der Waals surface area contributed by atoms with Crippen LogP contribution >= 0.6 is 0 Å². The molecule has 1 aliphatic carbocycles. The van der Waals surface area contributed by atoms with Gasteiger partial charge in [-0.15, -0.1) is 0 Å². The first-order chi connectivity index (χ1) is 7.59. The third-order valence-corrected chi connectivity index (χ3v) is 3.44. The molecule has 0 N–H and O–H groups in total. The van der Waals surface area contributed by atoms with Gasteiger partial charge in [-0.25, -0.2) is 0 Å². The van der Waals surface area contributed by atoms with E-state index in [4.69, 9.17) is 10.5 Å². The minimum absolute atomic E-state index is 0.272. The molecule has 0 radical (unpaired) electrons. The summed E-state index contributed by atoms with van der Waals surface area (Å²) in [7, 11) is 0. The third kappa shape index (κ3) is 3.83. The molecule has 0 aromatic carbocycles. The second kappa shape index (κ2) is 5.87. The van der Waals surface area contributed by atoms with Crippen LogP contribution in [-0.4, -0.2) is 24.0 Å². The fourth-order valence-corrected chi connectivity index (χ4v) is 2.23. The van der Waals surface area contributed by atoms with Crippen LogP contribution in [0.25, 0.3) is 0 Å². The summed E-state index contributed by atoms with van der Waals surface area (Å²) in [6, 6.07) is 5.14. The predicted molar refractivity (Wildman–Crippen MR) is 63.5 cm³/mol. The molecule has 0 bridgehead atoms. The Hall–Kier alpha value is -1.06. The van der Waals surface area contributed by atoms with Crippen molar-refractivity contribution in [3.05, 3.63) is 0 Å². The largest absolute Gasteiger partial charge is 0.288 e. The summed E-state index contributed by atoms with van der Waals surface area (Å²) in [5.41, 5.74) is -0.272. The Morgan fingerprint density at radius 1 is 1.25 bits per heavy atom. The van der Waals surface area contributed by atoms with Crippen LogP contribution in [0.4, 0.5) is 0 Å². The van der Waals surface area contributed by atoms with E-state index in [0.717, 1.165) is 13.0 Å². The van der Waals surface area contributed by atoms with Crippen LogP contribution in [0.1, 0.15) is 46.0 Å². The quantitative estimate of drug-likeness (QED) is 0.668. The van der Waals surface area contributed by atoms with Gasteiger partial charge in [-0.05, 0) is 33.1 Å². The summed E-state index contributed by atoms with van der Waals surface area (Å²) in [6.45, 7) is 5.31. The van der Waals surface area contributed by atoms with E-state index in [2.05, 4.69) is 17.0 Å². The highest BCUT2D eigenvalue weighted by Gasteiger charge is 2.25. The van der Waals surface area contributed by atoms with E-state index in [0.29, 0.717) is 12.6 Å². The molecule has 3 nitrogen and oxygen atoms in total. The smallest absolute Gasteiger partial charge is 0.0868 e. The zero-order valence-electron chi connectivity index (χ0n) is 10.4. The van der Waals surface area contributed by atoms with E-state index in [1.165, 1.54) is 25.7 Å². The van der Waals surface area contributed by atoms with Gasteiger partial charge in [0.1, 0.15) is 0 Å². The molecule has 0 unspecified atom stereocenters. The van der Waals surface area contributed by atoms with Gasteiger partial charge in [0.05, 0.1) is 24.1 Å². The highest BCUT2D eigenvalue weighted by Crippen LogP contribution is 2.25. The first-order valence-electron chi connectivity index (χ1n) is 6.11. The Balaban J connectivity index is 2.46. The summed E-state index contributed by atoms with van der Waals surface area (Å²) >= 11 is 0. The van der Waals surface area contributed by atoms with Crippen molar-refractivity contribution in [1.82, 2.24) is 4.90 Å². The summed E-state index contributed by atoms with van der Waals surface area (Å²) < 4.78 is 0. The zero-order valence-corrected chi connectivity index (χ0v) is 10.4. The number of nitrogens with zero attached hydrogens (tertiary/aromatic N) is 3. The molecule has 0 amide bonds. The number of rotatable bonds is 5. The van der Waals surface area contributed by atoms with Crippen LogP contribution in [-0.2, 0) is 0 Å². The van der Waals surface area contributed by atoms with E-state index in [9.17, 15) is 0 Å². The lowest BCUT2D eigenvalue weighted by Crippen LogP contribution is -2.36. The Kier molecular flexibility index (Phi) is 4.77. The summed E-state index contributed by atoms with van der Waals surface area (Å²) in [5, 5.41) is 17.8. The normalized spacial score (nSPS) is 17.3. The van der Waals surface area contributed by atoms with Gasteiger partial charge in [0.15, 0.2) is 0 Å². The van der Waals surface area contributed by atoms with Crippen molar-refractivity contribution in [2.75, 3.05) is 13.1 Å². The van der Waals surface area contributed by atoms with Crippen LogP contribution < -0.4 is 0 Å². The van der Waals surface area contributed by atoms with Crippen molar-refractivity contribution in [3.8, 4) is 12.1 Å². The average molecular weight is 219 g/mol. The minimum Gasteiger partial charge on any atom is -0.288 e. The van der Waals surface area contributed by atoms with Gasteiger partial charge in [0.2, 0.25) is 0 Å². The van der Waals surface area contributed by atoms with Crippen molar-refractivity contribution in [1.29, 1.82) is 10.5 Å². The molecule has 1 fully saturated rings. The maximum absolute atomic E-state index is 8.97. The number of hydrogen-bond acceptors (Lipinski definition) is 3. The lowest BCUT2D eigenvalue weighted by atomic mass is 9.91. The molecule has 1 rings (SSSR count). The molecule has 0 aliphatic heterocycles. The maximum atomic E-state index is 8.97. The first kappa shape index (κ1) is 13.0. The van der Waals surface area contributed by atoms with Crippen molar-refractivity contribution in [2.45, 2.75) is 52.0 Å². The number of nitriles is 2. The standard InChI is InChI=1S/C13H21N3/c1-13(2,11-15)7-9-16(10-8-14)12-5-3-4-6-12/h12H,3-7,9-10H2,1-2H3. The lowest BCUT2D eigenvalue weighted by Gasteiger charge is -2.28. The topological polar surface area (TPSA) is 50.8 Å². The SMILES string of the molecule is CC(C)(C#N)CCN(CC#N)C1CCCC1. The zero-order chi connectivity index (χ0) is 12.0. The molecule has 0 spiro atoms. The highest BCUT2D eigenvalue weighted by atomic mass is 15.2. The van der Waals surface area contributed by atoms with E-state index < -0.39 is 0 Å². The molecule has 1 aliphatic rings. The molecule has 3 heteroatoms.